The average molecular weight is 1690 g/mol. The minimum Gasteiger partial charge on any atom is -0.491 e. The molecule has 0 amide bonds. The summed E-state index contributed by atoms with van der Waals surface area (Å²) >= 11 is 3.55. The zero-order valence-corrected chi connectivity index (χ0v) is 81.9. The van der Waals surface area contributed by atoms with Crippen molar-refractivity contribution in [2.24, 2.45) is 0 Å². The molecule has 0 saturated carbocycles. The number of fused-ring (bicyclic) bond motifs is 2. The van der Waals surface area contributed by atoms with Gasteiger partial charge < -0.3 is 28.3 Å². The first-order valence-electron chi connectivity index (χ1n) is 46.8. The number of ether oxygens (including phenoxy) is 5. The van der Waals surface area contributed by atoms with Crippen molar-refractivity contribution in [1.82, 2.24) is 19.7 Å². The van der Waals surface area contributed by atoms with E-state index in [0.29, 0.717) is 39.6 Å². The normalized spacial score (nSPS) is 10.5. The number of aromatic nitrogens is 4. The monoisotopic (exact) mass is 1690 g/mol. The summed E-state index contributed by atoms with van der Waals surface area (Å²) in [7, 11) is 0. The predicted molar refractivity (Wildman–Crippen MR) is 534 cm³/mol. The highest BCUT2D eigenvalue weighted by Crippen LogP contribution is 2.30. The van der Waals surface area contributed by atoms with Crippen molar-refractivity contribution in [3.05, 3.63) is 297 Å². The van der Waals surface area contributed by atoms with Crippen LogP contribution in [0.3, 0.4) is 0 Å². The lowest BCUT2D eigenvalue weighted by atomic mass is 9.97. The zero-order valence-electron chi connectivity index (χ0n) is 80.3. The van der Waals surface area contributed by atoms with Crippen molar-refractivity contribution >= 4 is 43.7 Å². The van der Waals surface area contributed by atoms with E-state index < -0.39 is 0 Å². The van der Waals surface area contributed by atoms with Crippen LogP contribution in [0.1, 0.15) is 267 Å². The van der Waals surface area contributed by atoms with E-state index >= 15 is 0 Å². The molecule has 0 atom stereocenters. The molecular formula is C111H158N4O5S2. The minimum atomic E-state index is 0.589. The summed E-state index contributed by atoms with van der Waals surface area (Å²) in [4.78, 5) is 4.63. The third kappa shape index (κ3) is 37.1. The Kier molecular flexibility index (Phi) is 54.2. The Morgan fingerprint density at radius 1 is 0.270 bits per heavy atom. The van der Waals surface area contributed by atoms with Crippen LogP contribution in [-0.4, -0.2) is 72.6 Å². The number of aryl methyl sites for hydroxylation is 22. The van der Waals surface area contributed by atoms with Crippen molar-refractivity contribution < 1.29 is 23.7 Å². The molecule has 0 aliphatic rings. The van der Waals surface area contributed by atoms with E-state index in [2.05, 4.69) is 354 Å². The molecule has 12 aromatic rings. The van der Waals surface area contributed by atoms with Crippen molar-refractivity contribution in [3.63, 3.8) is 0 Å². The second-order valence-electron chi connectivity index (χ2n) is 30.1. The molecule has 11 heteroatoms. The molecule has 0 aliphatic heterocycles. The van der Waals surface area contributed by atoms with Gasteiger partial charge in [0.2, 0.25) is 0 Å². The summed E-state index contributed by atoms with van der Waals surface area (Å²) in [5.74, 6) is 2.02. The van der Waals surface area contributed by atoms with Crippen molar-refractivity contribution in [1.29, 1.82) is 0 Å². The van der Waals surface area contributed by atoms with Crippen molar-refractivity contribution in [3.8, 4) is 22.6 Å². The molecule has 9 aromatic carbocycles. The predicted octanol–water partition coefficient (Wildman–Crippen LogP) is 29.4. The van der Waals surface area contributed by atoms with Gasteiger partial charge in [-0.25, -0.2) is 4.98 Å². The minimum absolute atomic E-state index is 0.589. The van der Waals surface area contributed by atoms with E-state index in [0.717, 1.165) is 163 Å². The van der Waals surface area contributed by atoms with Crippen LogP contribution in [0.2, 0.25) is 0 Å². The maximum atomic E-state index is 5.87. The van der Waals surface area contributed by atoms with Gasteiger partial charge in [0.25, 0.3) is 0 Å². The molecular weight excluding hydrogens is 1530 g/mol. The summed E-state index contributed by atoms with van der Waals surface area (Å²) in [5, 5.41) is 14.2. The topological polar surface area (TPSA) is 89.8 Å². The molecule has 122 heavy (non-hydrogen) atoms. The van der Waals surface area contributed by atoms with E-state index in [1.165, 1.54) is 137 Å². The smallest absolute Gasteiger partial charge is 0.122 e. The third-order valence-electron chi connectivity index (χ3n) is 22.0. The van der Waals surface area contributed by atoms with Gasteiger partial charge in [-0.2, -0.15) is 0 Å². The maximum absolute atomic E-state index is 5.87. The molecule has 0 fully saturated rings. The summed E-state index contributed by atoms with van der Waals surface area (Å²) in [6.07, 6.45) is 25.3. The highest BCUT2D eigenvalue weighted by Gasteiger charge is 2.12. The molecule has 12 rings (SSSR count). The molecule has 0 N–H and O–H groups in total. The van der Waals surface area contributed by atoms with Crippen LogP contribution in [-0.2, 0) is 143 Å². The number of hydrogen-bond acceptors (Lipinski definition) is 10. The fourth-order valence-electron chi connectivity index (χ4n) is 14.2. The van der Waals surface area contributed by atoms with E-state index in [9.17, 15) is 0 Å². The van der Waals surface area contributed by atoms with Gasteiger partial charge in [0, 0.05) is 32.2 Å². The Hall–Kier alpha value is -8.55. The molecule has 664 valence electrons. The molecule has 3 aromatic heterocycles. The SMILES string of the molecule is CCOCCOCCOc1cc(CC)c(C)cc1CC.CCOCCOc1cc(CC)ccc1CC.CCc1cc2cn(CC)cc2cc1CC.CCc1ccc(-c2ccccc2)cc1CC.CCc1ccc(CC)c(C)c1.CCc1cccc(CC)c1.CCc1ccccc1CC.CCc1nc2cc(CC)c(CC)cc2s1.CCc1nnc(CC)s1. The van der Waals surface area contributed by atoms with Gasteiger partial charge in [-0.05, 0) is 315 Å². The Labute approximate surface area is 749 Å². The number of thiazole rings is 1. The summed E-state index contributed by atoms with van der Waals surface area (Å²) < 4.78 is 31.1. The zero-order chi connectivity index (χ0) is 89.4. The van der Waals surface area contributed by atoms with Crippen LogP contribution >= 0.6 is 22.7 Å². The first-order valence-corrected chi connectivity index (χ1v) is 48.4. The lowest BCUT2D eigenvalue weighted by molar-refractivity contribution is 0.0403. The Morgan fingerprint density at radius 2 is 0.680 bits per heavy atom. The number of nitrogens with zero attached hydrogens (tertiary/aromatic N) is 4. The van der Waals surface area contributed by atoms with Gasteiger partial charge >= 0.3 is 0 Å². The third-order valence-corrected chi connectivity index (χ3v) is 24.4. The van der Waals surface area contributed by atoms with Crippen LogP contribution in [0.15, 0.2) is 182 Å². The number of hydrogen-bond donors (Lipinski definition) is 0. The summed E-state index contributed by atoms with van der Waals surface area (Å²) in [5.41, 5.74) is 29.5. The molecule has 0 bridgehead atoms. The highest BCUT2D eigenvalue weighted by molar-refractivity contribution is 7.18. The van der Waals surface area contributed by atoms with Crippen LogP contribution in [0.5, 0.6) is 11.5 Å². The average Bonchev–Trinajstić information content (AvgIpc) is 0.962. The molecule has 0 spiro atoms. The van der Waals surface area contributed by atoms with Crippen LogP contribution in [0.4, 0.5) is 0 Å². The first-order chi connectivity index (χ1) is 59.3. The van der Waals surface area contributed by atoms with Gasteiger partial charge in [0.1, 0.15) is 34.7 Å². The van der Waals surface area contributed by atoms with Crippen molar-refractivity contribution in [2.75, 3.05) is 52.9 Å². The lowest BCUT2D eigenvalue weighted by Gasteiger charge is -2.14. The van der Waals surface area contributed by atoms with E-state index in [1.807, 2.05) is 25.2 Å². The summed E-state index contributed by atoms with van der Waals surface area (Å²) in [6.45, 7) is 58.4. The molecule has 0 aliphatic carbocycles. The van der Waals surface area contributed by atoms with E-state index in [4.69, 9.17) is 23.7 Å². The summed E-state index contributed by atoms with van der Waals surface area (Å²) in [6, 6.07) is 61.8. The lowest BCUT2D eigenvalue weighted by Crippen LogP contribution is -2.11. The van der Waals surface area contributed by atoms with Gasteiger partial charge in [-0.3, -0.25) is 0 Å². The molecule has 0 radical (unpaired) electrons. The number of rotatable bonds is 34. The van der Waals surface area contributed by atoms with Crippen LogP contribution < -0.4 is 9.47 Å². The molecule has 0 saturated heterocycles. The second-order valence-corrected chi connectivity index (χ2v) is 32.3. The highest BCUT2D eigenvalue weighted by atomic mass is 32.1. The van der Waals surface area contributed by atoms with Gasteiger partial charge in [-0.1, -0.05) is 265 Å². The quantitative estimate of drug-likeness (QED) is 0.0369. The number of benzene rings is 9. The van der Waals surface area contributed by atoms with E-state index in [1.54, 1.807) is 11.3 Å². The Morgan fingerprint density at radius 3 is 1.15 bits per heavy atom. The molecule has 9 nitrogen and oxygen atoms in total. The van der Waals surface area contributed by atoms with Crippen molar-refractivity contribution in [2.45, 2.75) is 295 Å². The largest absolute Gasteiger partial charge is 0.491 e. The fourth-order valence-corrected chi connectivity index (χ4v) is 15.9. The Balaban J connectivity index is 0.000000291. The van der Waals surface area contributed by atoms with E-state index in [-0.39, 0.29) is 0 Å². The second kappa shape index (κ2) is 62.5. The standard InChI is InChI=1S/C17H28O3.C16H18.C14H19N.C14H22O2.C13H17NS.C11H16.2C10H14.C6H10N2S/c1-5-15-13-17(16(6-2)12-14(15)4)20-11-10-19-9-8-18-7-3;1-3-13-10-11-16(12-14(13)4-2)15-8-6-5-7-9-15;1-4-11-7-13-9-15(6-3)10-14(13)8-12(11)5-2;1-4-12-7-8-13(5-2)14(11-12)16-10-9-15-6-3;1-4-9-7-11-12(8-10(9)5-2)15-13(6-3)14-11;1-4-10-6-7-11(5-2)9(3)8-10;1-3-9-6-5-7-10(4-2)8-9;1-3-9-7-5-6-8-10(9)4-2;1-3-5-7-8-6(4-2)9-5/h12-13H,5-11H2,1-4H3;5-12H,3-4H2,1-2H3;7-10H,4-6H2,1-3H3;7-8,11H,4-6,9-10H2,1-3H3;7-8H,4-6H2,1-3H3;6-8H,4-5H2,1-3H3;2*5-8H,3-4H2,1-2H3;3-4H2,1-2H3. The first kappa shape index (κ1) is 106. The fraction of sp³-hybridized carbons (Fsp3) is 0.468. The Bertz CT molecular complexity index is 4570. The van der Waals surface area contributed by atoms with Crippen LogP contribution in [0, 0.1) is 13.8 Å². The molecule has 3 heterocycles. The molecule has 0 unspecified atom stereocenters. The van der Waals surface area contributed by atoms with Gasteiger partial charge in [-0.15, -0.1) is 32.9 Å². The van der Waals surface area contributed by atoms with Gasteiger partial charge in [0.15, 0.2) is 0 Å². The van der Waals surface area contributed by atoms with Crippen LogP contribution in [0.25, 0.3) is 32.1 Å². The van der Waals surface area contributed by atoms with Gasteiger partial charge in [0.05, 0.1) is 41.7 Å². The maximum Gasteiger partial charge on any atom is 0.122 e.